The maximum absolute atomic E-state index is 14.0. The average Bonchev–Trinajstić information content (AvgIpc) is 2.95. The first kappa shape index (κ1) is 31.0. The van der Waals surface area contributed by atoms with Gasteiger partial charge in [0.25, 0.3) is 10.0 Å². The van der Waals surface area contributed by atoms with Crippen molar-refractivity contribution in [2.45, 2.75) is 51.1 Å². The van der Waals surface area contributed by atoms with Crippen molar-refractivity contribution >= 4 is 39.1 Å². The quantitative estimate of drug-likeness (QED) is 0.279. The summed E-state index contributed by atoms with van der Waals surface area (Å²) in [6, 6.07) is 19.2. The van der Waals surface area contributed by atoms with Gasteiger partial charge in [-0.05, 0) is 61.7 Å². The zero-order valence-electron chi connectivity index (χ0n) is 23.3. The third-order valence-electron chi connectivity index (χ3n) is 6.51. The van der Waals surface area contributed by atoms with Gasteiger partial charge in [0.15, 0.2) is 0 Å². The van der Waals surface area contributed by atoms with Crippen molar-refractivity contribution in [2.24, 2.45) is 0 Å². The number of rotatable bonds is 13. The summed E-state index contributed by atoms with van der Waals surface area (Å²) in [7, 11) is -2.76. The first-order valence-electron chi connectivity index (χ1n) is 13.1. The molecule has 3 aromatic rings. The van der Waals surface area contributed by atoms with E-state index in [4.69, 9.17) is 16.3 Å². The number of sulfonamides is 1. The van der Waals surface area contributed by atoms with E-state index in [9.17, 15) is 18.0 Å². The van der Waals surface area contributed by atoms with Gasteiger partial charge in [0.1, 0.15) is 18.3 Å². The Morgan fingerprint density at radius 2 is 1.70 bits per heavy atom. The lowest BCUT2D eigenvalue weighted by Crippen LogP contribution is -2.51. The fraction of sp³-hybridized carbons (Fsp3) is 0.333. The lowest BCUT2D eigenvalue weighted by molar-refractivity contribution is -0.139. The molecule has 0 unspecified atom stereocenters. The summed E-state index contributed by atoms with van der Waals surface area (Å²) in [4.78, 5) is 28.5. The number of nitrogens with one attached hydrogen (secondary N) is 1. The smallest absolute Gasteiger partial charge is 0.264 e. The molecule has 1 atom stereocenters. The molecule has 40 heavy (non-hydrogen) atoms. The van der Waals surface area contributed by atoms with E-state index in [2.05, 4.69) is 5.32 Å². The predicted molar refractivity (Wildman–Crippen MR) is 158 cm³/mol. The SMILES string of the molecule is CCCCNC(=O)[C@H](C)N(Cc1ccccc1Cl)C(=O)CN(c1cc(C)ccc1OC)S(=O)(=O)c1ccccc1. The van der Waals surface area contributed by atoms with Gasteiger partial charge in [-0.25, -0.2) is 8.42 Å². The Morgan fingerprint density at radius 1 is 1.02 bits per heavy atom. The van der Waals surface area contributed by atoms with E-state index in [0.29, 0.717) is 22.9 Å². The molecule has 8 nitrogen and oxygen atoms in total. The van der Waals surface area contributed by atoms with Crippen LogP contribution in [-0.2, 0) is 26.2 Å². The van der Waals surface area contributed by atoms with Crippen LogP contribution in [0.4, 0.5) is 5.69 Å². The molecule has 0 heterocycles. The van der Waals surface area contributed by atoms with Crippen LogP contribution in [0.2, 0.25) is 5.02 Å². The molecule has 0 aliphatic carbocycles. The number of nitrogens with zero attached hydrogens (tertiary/aromatic N) is 2. The van der Waals surface area contributed by atoms with E-state index in [1.165, 1.54) is 24.1 Å². The molecule has 2 amide bonds. The molecule has 0 aliphatic heterocycles. The van der Waals surface area contributed by atoms with E-state index >= 15 is 0 Å². The summed E-state index contributed by atoms with van der Waals surface area (Å²) >= 11 is 6.41. The van der Waals surface area contributed by atoms with Gasteiger partial charge in [0.2, 0.25) is 11.8 Å². The summed E-state index contributed by atoms with van der Waals surface area (Å²) < 4.78 is 34.5. The number of carbonyl (C=O) groups is 2. The molecule has 0 spiro atoms. The first-order valence-corrected chi connectivity index (χ1v) is 14.9. The highest BCUT2D eigenvalue weighted by molar-refractivity contribution is 7.92. The second-order valence-electron chi connectivity index (χ2n) is 9.43. The Hall–Kier alpha value is -3.56. The number of anilines is 1. The highest BCUT2D eigenvalue weighted by Crippen LogP contribution is 2.33. The number of halogens is 1. The van der Waals surface area contributed by atoms with Gasteiger partial charge in [0, 0.05) is 18.1 Å². The van der Waals surface area contributed by atoms with E-state index < -0.39 is 28.5 Å². The molecule has 0 saturated carbocycles. The van der Waals surface area contributed by atoms with Crippen LogP contribution in [0.15, 0.2) is 77.7 Å². The minimum absolute atomic E-state index is 0.0189. The van der Waals surface area contributed by atoms with Gasteiger partial charge in [0.05, 0.1) is 17.7 Å². The molecule has 0 aliphatic rings. The number of amides is 2. The van der Waals surface area contributed by atoms with Crippen LogP contribution in [0, 0.1) is 6.92 Å². The minimum Gasteiger partial charge on any atom is -0.495 e. The second kappa shape index (κ2) is 14.2. The van der Waals surface area contributed by atoms with Crippen molar-refractivity contribution in [1.82, 2.24) is 10.2 Å². The van der Waals surface area contributed by atoms with Gasteiger partial charge < -0.3 is 15.0 Å². The molecule has 0 saturated heterocycles. The Labute approximate surface area is 241 Å². The molecular formula is C30H36ClN3O5S. The Balaban J connectivity index is 2.07. The lowest BCUT2D eigenvalue weighted by atomic mass is 10.1. The van der Waals surface area contributed by atoms with Gasteiger partial charge in [-0.1, -0.05) is 67.4 Å². The topological polar surface area (TPSA) is 96.0 Å². The largest absolute Gasteiger partial charge is 0.495 e. The summed E-state index contributed by atoms with van der Waals surface area (Å²) in [5.41, 5.74) is 1.64. The van der Waals surface area contributed by atoms with Crippen molar-refractivity contribution in [2.75, 3.05) is 24.5 Å². The highest BCUT2D eigenvalue weighted by atomic mass is 35.5. The van der Waals surface area contributed by atoms with Crippen molar-refractivity contribution in [1.29, 1.82) is 0 Å². The molecular weight excluding hydrogens is 550 g/mol. The average molecular weight is 586 g/mol. The van der Waals surface area contributed by atoms with Gasteiger partial charge >= 0.3 is 0 Å². The minimum atomic E-state index is -4.20. The number of hydrogen-bond acceptors (Lipinski definition) is 5. The molecule has 3 rings (SSSR count). The number of carbonyl (C=O) groups excluding carboxylic acids is 2. The number of benzene rings is 3. The standard InChI is InChI=1S/C30H36ClN3O5S/c1-5-6-18-32-30(36)23(3)33(20-24-12-10-11-15-26(24)31)29(35)21-34(27-19-22(2)16-17-28(27)39-4)40(37,38)25-13-8-7-9-14-25/h7-17,19,23H,5-6,18,20-21H2,1-4H3,(H,32,36)/t23-/m0/s1. The first-order chi connectivity index (χ1) is 19.1. The third kappa shape index (κ3) is 7.55. The highest BCUT2D eigenvalue weighted by Gasteiger charge is 2.34. The van der Waals surface area contributed by atoms with Crippen LogP contribution >= 0.6 is 11.6 Å². The molecule has 0 radical (unpaired) electrons. The number of unbranched alkanes of at least 4 members (excludes halogenated alkanes) is 1. The summed E-state index contributed by atoms with van der Waals surface area (Å²) in [5, 5.41) is 3.31. The molecule has 214 valence electrons. The summed E-state index contributed by atoms with van der Waals surface area (Å²) in [6.45, 7) is 5.40. The monoisotopic (exact) mass is 585 g/mol. The summed E-state index contributed by atoms with van der Waals surface area (Å²) in [6.07, 6.45) is 1.70. The maximum atomic E-state index is 14.0. The predicted octanol–water partition coefficient (Wildman–Crippen LogP) is 5.19. The normalized spacial score (nSPS) is 11.9. The second-order valence-corrected chi connectivity index (χ2v) is 11.7. The Morgan fingerprint density at radius 3 is 2.35 bits per heavy atom. The maximum Gasteiger partial charge on any atom is 0.264 e. The Kier molecular flexibility index (Phi) is 11.0. The van der Waals surface area contributed by atoms with Crippen molar-refractivity contribution in [3.63, 3.8) is 0 Å². The van der Waals surface area contributed by atoms with E-state index in [1.54, 1.807) is 67.6 Å². The fourth-order valence-electron chi connectivity index (χ4n) is 4.16. The molecule has 0 fully saturated rings. The van der Waals surface area contributed by atoms with Gasteiger partial charge in [-0.15, -0.1) is 0 Å². The van der Waals surface area contributed by atoms with E-state index in [0.717, 1.165) is 22.7 Å². The zero-order valence-corrected chi connectivity index (χ0v) is 24.8. The molecule has 3 aromatic carbocycles. The number of ether oxygens (including phenoxy) is 1. The zero-order chi connectivity index (χ0) is 29.3. The molecule has 0 bridgehead atoms. The third-order valence-corrected chi connectivity index (χ3v) is 8.65. The number of methoxy groups -OCH3 is 1. The van der Waals surface area contributed by atoms with Crippen LogP contribution in [0.5, 0.6) is 5.75 Å². The summed E-state index contributed by atoms with van der Waals surface area (Å²) in [5.74, 6) is -0.610. The number of hydrogen-bond donors (Lipinski definition) is 1. The van der Waals surface area contributed by atoms with Crippen molar-refractivity contribution < 1.29 is 22.7 Å². The molecule has 0 aromatic heterocycles. The van der Waals surface area contributed by atoms with E-state index in [1.807, 2.05) is 13.8 Å². The van der Waals surface area contributed by atoms with Crippen LogP contribution in [0.25, 0.3) is 0 Å². The van der Waals surface area contributed by atoms with Gasteiger partial charge in [-0.2, -0.15) is 0 Å². The van der Waals surface area contributed by atoms with Crippen molar-refractivity contribution in [3.05, 3.63) is 88.9 Å². The Bertz CT molecular complexity index is 1420. The van der Waals surface area contributed by atoms with Crippen LogP contribution in [0.3, 0.4) is 0 Å². The van der Waals surface area contributed by atoms with Crippen LogP contribution in [0.1, 0.15) is 37.8 Å². The van der Waals surface area contributed by atoms with Gasteiger partial charge in [-0.3, -0.25) is 13.9 Å². The van der Waals surface area contributed by atoms with Crippen LogP contribution < -0.4 is 14.4 Å². The van der Waals surface area contributed by atoms with Crippen molar-refractivity contribution in [3.8, 4) is 5.75 Å². The molecule has 10 heteroatoms. The molecule has 1 N–H and O–H groups in total. The fourth-order valence-corrected chi connectivity index (χ4v) is 5.79. The van der Waals surface area contributed by atoms with Crippen LogP contribution in [-0.4, -0.2) is 51.4 Å². The lowest BCUT2D eigenvalue weighted by Gasteiger charge is -2.32. The number of aryl methyl sites for hydroxylation is 1. The van der Waals surface area contributed by atoms with E-state index in [-0.39, 0.29) is 23.0 Å².